The highest BCUT2D eigenvalue weighted by Crippen LogP contribution is 2.42. The molecule has 206 valence electrons. The first-order valence-electron chi connectivity index (χ1n) is 13.3. The number of methoxy groups -OCH3 is 2. The number of anilines is 1. The van der Waals surface area contributed by atoms with Crippen molar-refractivity contribution < 1.29 is 28.9 Å². The predicted octanol–water partition coefficient (Wildman–Crippen LogP) is 6.19. The lowest BCUT2D eigenvalue weighted by Crippen LogP contribution is -2.31. The Morgan fingerprint density at radius 2 is 1.62 bits per heavy atom. The van der Waals surface area contributed by atoms with Gasteiger partial charge in [-0.15, -0.1) is 0 Å². The molecule has 0 saturated heterocycles. The van der Waals surface area contributed by atoms with Gasteiger partial charge in [0, 0.05) is 30.2 Å². The summed E-state index contributed by atoms with van der Waals surface area (Å²) in [5.74, 6) is 0.824. The average Bonchev–Trinajstić information content (AvgIpc) is 2.92. The number of hydrogen-bond acceptors (Lipinski definition) is 6. The highest BCUT2D eigenvalue weighted by molar-refractivity contribution is 6.08. The van der Waals surface area contributed by atoms with E-state index < -0.39 is 5.41 Å². The molecule has 0 fully saturated rings. The molecule has 0 spiro atoms. The van der Waals surface area contributed by atoms with Crippen LogP contribution in [-0.2, 0) is 22.4 Å². The summed E-state index contributed by atoms with van der Waals surface area (Å²) in [5.41, 5.74) is 4.78. The second kappa shape index (κ2) is 11.4. The van der Waals surface area contributed by atoms with Crippen LogP contribution in [0.4, 0.5) is 5.69 Å². The van der Waals surface area contributed by atoms with E-state index in [4.69, 9.17) is 14.2 Å². The fourth-order valence-corrected chi connectivity index (χ4v) is 4.82. The fraction of sp³-hybridized carbons (Fsp3) is 0.375. The highest BCUT2D eigenvalue weighted by atomic mass is 16.5. The first kappa shape index (κ1) is 28.0. The molecular weight excluding hydrogens is 494 g/mol. The number of phenols is 1. The van der Waals surface area contributed by atoms with E-state index in [9.17, 15) is 14.7 Å². The van der Waals surface area contributed by atoms with E-state index in [0.29, 0.717) is 35.7 Å². The molecule has 1 atom stereocenters. The molecular formula is C32H37NO6. The third kappa shape index (κ3) is 6.03. The van der Waals surface area contributed by atoms with Crippen LogP contribution in [0.3, 0.4) is 0 Å². The summed E-state index contributed by atoms with van der Waals surface area (Å²) in [7, 11) is 3.16. The Bertz CT molecular complexity index is 1360. The van der Waals surface area contributed by atoms with E-state index in [1.54, 1.807) is 31.3 Å². The summed E-state index contributed by atoms with van der Waals surface area (Å²) in [6, 6.07) is 16.2. The van der Waals surface area contributed by atoms with Crippen molar-refractivity contribution in [2.45, 2.75) is 53.1 Å². The predicted molar refractivity (Wildman–Crippen MR) is 152 cm³/mol. The largest absolute Gasteiger partial charge is 0.508 e. The van der Waals surface area contributed by atoms with Crippen molar-refractivity contribution >= 4 is 17.6 Å². The van der Waals surface area contributed by atoms with Gasteiger partial charge in [-0.05, 0) is 87.6 Å². The summed E-state index contributed by atoms with van der Waals surface area (Å²) in [6.45, 7) is 7.94. The summed E-state index contributed by atoms with van der Waals surface area (Å²) in [4.78, 5) is 27.7. The number of esters is 1. The molecule has 3 aromatic carbocycles. The minimum Gasteiger partial charge on any atom is -0.508 e. The van der Waals surface area contributed by atoms with Gasteiger partial charge in [-0.2, -0.15) is 0 Å². The molecule has 0 bridgehead atoms. The zero-order valence-electron chi connectivity index (χ0n) is 23.5. The topological polar surface area (TPSA) is 85.3 Å². The maximum absolute atomic E-state index is 13.6. The number of benzene rings is 3. The van der Waals surface area contributed by atoms with E-state index in [1.165, 1.54) is 17.7 Å². The maximum atomic E-state index is 13.6. The quantitative estimate of drug-likeness (QED) is 0.366. The van der Waals surface area contributed by atoms with E-state index in [1.807, 2.05) is 45.9 Å². The lowest BCUT2D eigenvalue weighted by molar-refractivity contribution is -0.159. The molecule has 0 radical (unpaired) electrons. The number of phenolic OH excluding ortho intramolecular Hbond substituents is 1. The number of nitrogens with zero attached hydrogens (tertiary/aromatic N) is 1. The molecule has 1 amide bonds. The summed E-state index contributed by atoms with van der Waals surface area (Å²) < 4.78 is 17.0. The number of fused-ring (bicyclic) bond motifs is 1. The Labute approximate surface area is 230 Å². The molecule has 7 heteroatoms. The van der Waals surface area contributed by atoms with Gasteiger partial charge in [0.15, 0.2) is 11.5 Å². The van der Waals surface area contributed by atoms with E-state index >= 15 is 0 Å². The van der Waals surface area contributed by atoms with Crippen molar-refractivity contribution in [2.24, 2.45) is 5.41 Å². The van der Waals surface area contributed by atoms with Crippen molar-refractivity contribution in [2.75, 3.05) is 25.7 Å². The zero-order chi connectivity index (χ0) is 28.3. The molecule has 1 aliphatic rings. The van der Waals surface area contributed by atoms with Crippen molar-refractivity contribution in [3.63, 3.8) is 0 Å². The van der Waals surface area contributed by atoms with Gasteiger partial charge in [0.05, 0.1) is 25.3 Å². The number of rotatable bonds is 7. The van der Waals surface area contributed by atoms with Gasteiger partial charge < -0.3 is 24.2 Å². The van der Waals surface area contributed by atoms with Crippen molar-refractivity contribution in [3.8, 4) is 28.4 Å². The molecule has 0 saturated carbocycles. The number of amides is 1. The number of ether oxygens (including phenoxy) is 3. The summed E-state index contributed by atoms with van der Waals surface area (Å²) in [5, 5.41) is 9.68. The van der Waals surface area contributed by atoms with Gasteiger partial charge in [0.2, 0.25) is 0 Å². The summed E-state index contributed by atoms with van der Waals surface area (Å²) in [6.07, 6.45) is 2.09. The molecule has 39 heavy (non-hydrogen) atoms. The maximum Gasteiger partial charge on any atom is 0.311 e. The average molecular weight is 532 g/mol. The minimum absolute atomic E-state index is 0.103. The van der Waals surface area contributed by atoms with Gasteiger partial charge in [-0.25, -0.2) is 0 Å². The summed E-state index contributed by atoms with van der Waals surface area (Å²) >= 11 is 0. The Morgan fingerprint density at radius 1 is 0.949 bits per heavy atom. The van der Waals surface area contributed by atoms with Gasteiger partial charge in [0.1, 0.15) is 11.9 Å². The van der Waals surface area contributed by atoms with E-state index in [2.05, 4.69) is 12.1 Å². The monoisotopic (exact) mass is 531 g/mol. The third-order valence-electron chi connectivity index (χ3n) is 7.05. The lowest BCUT2D eigenvalue weighted by atomic mass is 9.86. The van der Waals surface area contributed by atoms with Gasteiger partial charge in [0.25, 0.3) is 5.91 Å². The molecule has 0 heterocycles. The standard InChI is InChI=1S/C32H37NO6/c1-7-33(30(35)20-10-13-24(34)14-11-20)27-19-29(38-6)28(37-5)18-26(27)23-9-8-22-17-25(15-12-21(22)16-23)39-31(36)32(2,3)4/h8-11,13-14,16,18-19,25,34H,7,12,15,17H2,1-6H3. The molecule has 0 aliphatic heterocycles. The van der Waals surface area contributed by atoms with Crippen molar-refractivity contribution in [1.29, 1.82) is 0 Å². The number of hydrogen-bond donors (Lipinski definition) is 1. The van der Waals surface area contributed by atoms with E-state index in [0.717, 1.165) is 29.5 Å². The fourth-order valence-electron chi connectivity index (χ4n) is 4.82. The number of carbonyl (C=O) groups is 2. The van der Waals surface area contributed by atoms with Crippen LogP contribution in [0.1, 0.15) is 55.6 Å². The molecule has 1 unspecified atom stereocenters. The second-order valence-corrected chi connectivity index (χ2v) is 10.8. The van der Waals surface area contributed by atoms with Crippen LogP contribution in [-0.4, -0.2) is 43.9 Å². The number of carbonyl (C=O) groups excluding carboxylic acids is 2. The Hall–Kier alpha value is -4.00. The Balaban J connectivity index is 1.72. The zero-order valence-corrected chi connectivity index (χ0v) is 23.5. The first-order chi connectivity index (χ1) is 18.5. The van der Waals surface area contributed by atoms with Crippen LogP contribution in [0, 0.1) is 5.41 Å². The van der Waals surface area contributed by atoms with Crippen LogP contribution in [0.5, 0.6) is 17.2 Å². The molecule has 4 rings (SSSR count). The Kier molecular flexibility index (Phi) is 8.19. The lowest BCUT2D eigenvalue weighted by Gasteiger charge is -2.29. The van der Waals surface area contributed by atoms with Crippen LogP contribution >= 0.6 is 0 Å². The van der Waals surface area contributed by atoms with Crippen LogP contribution in [0.15, 0.2) is 54.6 Å². The van der Waals surface area contributed by atoms with Crippen molar-refractivity contribution in [1.82, 2.24) is 0 Å². The van der Waals surface area contributed by atoms with Crippen LogP contribution in [0.2, 0.25) is 0 Å². The van der Waals surface area contributed by atoms with Gasteiger partial charge in [-0.3, -0.25) is 9.59 Å². The molecule has 7 nitrogen and oxygen atoms in total. The highest BCUT2D eigenvalue weighted by Gasteiger charge is 2.29. The van der Waals surface area contributed by atoms with E-state index in [-0.39, 0.29) is 23.7 Å². The molecule has 0 aromatic heterocycles. The second-order valence-electron chi connectivity index (χ2n) is 10.8. The molecule has 1 N–H and O–H groups in total. The smallest absolute Gasteiger partial charge is 0.311 e. The minimum atomic E-state index is -0.531. The SMILES string of the molecule is CCN(C(=O)c1ccc(O)cc1)c1cc(OC)c(OC)cc1-c1ccc2c(c1)CCC(OC(=O)C(C)(C)C)C2. The number of aryl methyl sites for hydroxylation is 1. The normalized spacial score (nSPS) is 14.8. The van der Waals surface area contributed by atoms with Crippen LogP contribution < -0.4 is 14.4 Å². The number of aromatic hydroxyl groups is 1. The van der Waals surface area contributed by atoms with Gasteiger partial charge >= 0.3 is 5.97 Å². The molecule has 1 aliphatic carbocycles. The van der Waals surface area contributed by atoms with Gasteiger partial charge in [-0.1, -0.05) is 18.2 Å². The van der Waals surface area contributed by atoms with Crippen molar-refractivity contribution in [3.05, 3.63) is 71.3 Å². The Morgan fingerprint density at radius 3 is 2.23 bits per heavy atom. The molecule has 3 aromatic rings. The first-order valence-corrected chi connectivity index (χ1v) is 13.3. The third-order valence-corrected chi connectivity index (χ3v) is 7.05. The van der Waals surface area contributed by atoms with Crippen LogP contribution in [0.25, 0.3) is 11.1 Å².